The van der Waals surface area contributed by atoms with Crippen LogP contribution in [0.5, 0.6) is 0 Å². The molecular weight excluding hydrogens is 299 g/mol. The molecule has 1 fully saturated rings. The molecule has 0 saturated heterocycles. The molecule has 7 heteroatoms. The Hall–Kier alpha value is -2.57. The Morgan fingerprint density at radius 1 is 1.26 bits per heavy atom. The van der Waals surface area contributed by atoms with Crippen molar-refractivity contribution in [3.8, 4) is 0 Å². The van der Waals surface area contributed by atoms with Crippen LogP contribution in [0, 0.1) is 11.8 Å². The lowest BCUT2D eigenvalue weighted by Gasteiger charge is -2.27. The molecule has 6 nitrogen and oxygen atoms in total. The van der Waals surface area contributed by atoms with Crippen molar-refractivity contribution in [2.24, 2.45) is 22.1 Å². The van der Waals surface area contributed by atoms with E-state index in [1.165, 1.54) is 0 Å². The third-order valence-electron chi connectivity index (χ3n) is 4.57. The van der Waals surface area contributed by atoms with Crippen molar-refractivity contribution in [2.75, 3.05) is 0 Å². The quantitative estimate of drug-likeness (QED) is 0.827. The number of nitrogens with zero attached hydrogens (tertiary/aromatic N) is 3. The van der Waals surface area contributed by atoms with Gasteiger partial charge in [-0.15, -0.1) is 10.2 Å². The van der Waals surface area contributed by atoms with Crippen LogP contribution in [0.15, 0.2) is 46.0 Å². The summed E-state index contributed by atoms with van der Waals surface area (Å²) in [6.45, 7) is 0. The zero-order chi connectivity index (χ0) is 16.0. The fourth-order valence-corrected chi connectivity index (χ4v) is 3.44. The number of alkyl halides is 1. The summed E-state index contributed by atoms with van der Waals surface area (Å²) < 4.78 is 14.0. The number of fused-ring (bicyclic) bond motifs is 2. The average molecular weight is 314 g/mol. The number of benzene rings is 1. The van der Waals surface area contributed by atoms with Crippen LogP contribution in [0.1, 0.15) is 19.3 Å². The highest BCUT2D eigenvalue weighted by Gasteiger charge is 2.48. The number of allylic oxidation sites excluding steroid dienone is 2. The number of H-pyrrole nitrogens is 1. The molecule has 4 rings (SSSR count). The van der Waals surface area contributed by atoms with Gasteiger partial charge in [0.25, 0.3) is 0 Å². The van der Waals surface area contributed by atoms with Crippen molar-refractivity contribution in [2.45, 2.75) is 25.4 Å². The van der Waals surface area contributed by atoms with Crippen molar-refractivity contribution >= 4 is 22.8 Å². The molecule has 2 aliphatic carbocycles. The summed E-state index contributed by atoms with van der Waals surface area (Å²) in [6.07, 6.45) is 0.399. The summed E-state index contributed by atoms with van der Waals surface area (Å²) in [5.74, 6) is -1.63. The Labute approximate surface area is 131 Å². The SMILES string of the molecule is O=C1C(N=Nc2nc3ccccc3[nH]2)=C(O)C2CCCC(F)C12. The molecule has 0 amide bonds. The fourth-order valence-electron chi connectivity index (χ4n) is 3.44. The smallest absolute Gasteiger partial charge is 0.247 e. The van der Waals surface area contributed by atoms with Crippen LogP contribution in [0.25, 0.3) is 11.0 Å². The predicted octanol–water partition coefficient (Wildman–Crippen LogP) is 3.75. The number of nitrogens with one attached hydrogen (secondary N) is 1. The van der Waals surface area contributed by atoms with E-state index < -0.39 is 23.8 Å². The number of azo groups is 1. The van der Waals surface area contributed by atoms with Gasteiger partial charge in [-0.2, -0.15) is 0 Å². The standard InChI is InChI=1S/C16H15FN4O2/c17-9-5-3-4-8-12(9)15(23)13(14(8)22)20-21-16-18-10-6-1-2-7-11(10)19-16/h1-2,6-9,12,22H,3-5H2,(H,18,19). The van der Waals surface area contributed by atoms with Gasteiger partial charge < -0.3 is 10.1 Å². The molecule has 1 aromatic carbocycles. The Kier molecular flexibility index (Phi) is 3.21. The summed E-state index contributed by atoms with van der Waals surface area (Å²) in [5.41, 5.74) is 1.40. The van der Waals surface area contributed by atoms with Crippen LogP contribution >= 0.6 is 0 Å². The number of carbonyl (C=O) groups is 1. The highest BCUT2D eigenvalue weighted by molar-refractivity contribution is 6.00. The summed E-state index contributed by atoms with van der Waals surface area (Å²) in [6, 6.07) is 7.39. The Morgan fingerprint density at radius 2 is 2.09 bits per heavy atom. The minimum absolute atomic E-state index is 0.134. The zero-order valence-corrected chi connectivity index (χ0v) is 12.2. The van der Waals surface area contributed by atoms with E-state index in [9.17, 15) is 14.3 Å². The first-order valence-electron chi connectivity index (χ1n) is 7.63. The van der Waals surface area contributed by atoms with Gasteiger partial charge in [-0.05, 0) is 31.4 Å². The lowest BCUT2D eigenvalue weighted by atomic mass is 9.79. The molecule has 23 heavy (non-hydrogen) atoms. The van der Waals surface area contributed by atoms with Crippen LogP contribution in [-0.4, -0.2) is 27.0 Å². The van der Waals surface area contributed by atoms with Crippen LogP contribution in [-0.2, 0) is 4.79 Å². The second-order valence-corrected chi connectivity index (χ2v) is 5.95. The molecule has 0 aliphatic heterocycles. The number of aromatic amines is 1. The number of carbonyl (C=O) groups excluding carboxylic acids is 1. The summed E-state index contributed by atoms with van der Waals surface area (Å²) in [4.78, 5) is 19.5. The van der Waals surface area contributed by atoms with Gasteiger partial charge in [-0.1, -0.05) is 12.1 Å². The number of aliphatic hydroxyl groups excluding tert-OH is 1. The maximum absolute atomic E-state index is 14.0. The van der Waals surface area contributed by atoms with Crippen molar-refractivity contribution in [3.05, 3.63) is 35.7 Å². The number of halogens is 1. The molecule has 2 aromatic rings. The molecule has 0 radical (unpaired) electrons. The second kappa shape index (κ2) is 5.26. The highest BCUT2D eigenvalue weighted by atomic mass is 19.1. The van der Waals surface area contributed by atoms with Crippen molar-refractivity contribution in [1.82, 2.24) is 9.97 Å². The van der Waals surface area contributed by atoms with Gasteiger partial charge >= 0.3 is 0 Å². The van der Waals surface area contributed by atoms with Gasteiger partial charge in [0.05, 0.1) is 17.0 Å². The number of Topliss-reactive ketones (excluding diaryl/α,β-unsaturated/α-hetero) is 1. The monoisotopic (exact) mass is 314 g/mol. The minimum Gasteiger partial charge on any atom is -0.510 e. The Morgan fingerprint density at radius 3 is 2.87 bits per heavy atom. The normalized spacial score (nSPS) is 28.0. The molecule has 0 spiro atoms. The number of para-hydroxylation sites is 2. The van der Waals surface area contributed by atoms with Gasteiger partial charge in [0, 0.05) is 5.92 Å². The lowest BCUT2D eigenvalue weighted by molar-refractivity contribution is -0.122. The second-order valence-electron chi connectivity index (χ2n) is 5.95. The molecular formula is C16H15FN4O2. The summed E-state index contributed by atoms with van der Waals surface area (Å²) in [5, 5.41) is 18.0. The van der Waals surface area contributed by atoms with Gasteiger partial charge in [0.15, 0.2) is 11.5 Å². The molecule has 1 aromatic heterocycles. The molecule has 3 unspecified atom stereocenters. The number of aromatic nitrogens is 2. The maximum Gasteiger partial charge on any atom is 0.247 e. The van der Waals surface area contributed by atoms with Crippen LogP contribution < -0.4 is 0 Å². The predicted molar refractivity (Wildman–Crippen MR) is 81.0 cm³/mol. The van der Waals surface area contributed by atoms with E-state index >= 15 is 0 Å². The molecule has 118 valence electrons. The third-order valence-corrected chi connectivity index (χ3v) is 4.57. The van der Waals surface area contributed by atoms with Gasteiger partial charge in [0.1, 0.15) is 11.9 Å². The van der Waals surface area contributed by atoms with E-state index in [-0.39, 0.29) is 17.4 Å². The fraction of sp³-hybridized carbons (Fsp3) is 0.375. The Bertz CT molecular complexity index is 808. The summed E-state index contributed by atoms with van der Waals surface area (Å²) >= 11 is 0. The van der Waals surface area contributed by atoms with Crippen molar-refractivity contribution in [1.29, 1.82) is 0 Å². The third kappa shape index (κ3) is 2.23. The summed E-state index contributed by atoms with van der Waals surface area (Å²) in [7, 11) is 0. The maximum atomic E-state index is 14.0. The number of imidazole rings is 1. The molecule has 1 saturated carbocycles. The van der Waals surface area contributed by atoms with Crippen molar-refractivity contribution in [3.63, 3.8) is 0 Å². The molecule has 3 atom stereocenters. The first-order chi connectivity index (χ1) is 11.1. The molecule has 0 bridgehead atoms. The van der Waals surface area contributed by atoms with E-state index in [1.54, 1.807) is 0 Å². The van der Waals surface area contributed by atoms with E-state index in [1.807, 2.05) is 24.3 Å². The number of ketones is 1. The largest absolute Gasteiger partial charge is 0.510 e. The van der Waals surface area contributed by atoms with E-state index in [2.05, 4.69) is 20.2 Å². The lowest BCUT2D eigenvalue weighted by Crippen LogP contribution is -2.32. The molecule has 2 N–H and O–H groups in total. The van der Waals surface area contributed by atoms with Crippen LogP contribution in [0.2, 0.25) is 0 Å². The van der Waals surface area contributed by atoms with E-state index in [0.29, 0.717) is 19.3 Å². The zero-order valence-electron chi connectivity index (χ0n) is 12.2. The highest BCUT2D eigenvalue weighted by Crippen LogP contribution is 2.44. The molecule has 1 heterocycles. The number of hydrogen-bond donors (Lipinski definition) is 2. The topological polar surface area (TPSA) is 90.7 Å². The van der Waals surface area contributed by atoms with Gasteiger partial charge in [-0.25, -0.2) is 9.37 Å². The van der Waals surface area contributed by atoms with Crippen LogP contribution in [0.4, 0.5) is 10.3 Å². The number of aliphatic hydroxyl groups is 1. The Balaban J connectivity index is 1.64. The van der Waals surface area contributed by atoms with Gasteiger partial charge in [-0.3, -0.25) is 4.79 Å². The van der Waals surface area contributed by atoms with E-state index in [0.717, 1.165) is 11.0 Å². The first-order valence-corrected chi connectivity index (χ1v) is 7.63. The number of hydrogen-bond acceptors (Lipinski definition) is 5. The average Bonchev–Trinajstić information content (AvgIpc) is 3.06. The minimum atomic E-state index is -1.22. The van der Waals surface area contributed by atoms with Crippen LogP contribution in [0.3, 0.4) is 0 Å². The van der Waals surface area contributed by atoms with Gasteiger partial charge in [0.2, 0.25) is 5.95 Å². The number of rotatable bonds is 2. The first kappa shape index (κ1) is 14.0. The van der Waals surface area contributed by atoms with Crippen molar-refractivity contribution < 1.29 is 14.3 Å². The molecule has 2 aliphatic rings. The van der Waals surface area contributed by atoms with E-state index in [4.69, 9.17) is 0 Å².